The molecule has 152 valence electrons. The van der Waals surface area contributed by atoms with Crippen molar-refractivity contribution in [2.24, 2.45) is 17.6 Å². The lowest BCUT2D eigenvalue weighted by Gasteiger charge is -2.51. The quantitative estimate of drug-likeness (QED) is 0.762. The number of ether oxygens (including phenoxy) is 1. The summed E-state index contributed by atoms with van der Waals surface area (Å²) in [6.45, 7) is 4.74. The molecule has 0 spiro atoms. The summed E-state index contributed by atoms with van der Waals surface area (Å²) in [5.74, 6) is 2.57. The molecule has 5 atom stereocenters. The van der Waals surface area contributed by atoms with Crippen LogP contribution < -0.4 is 10.5 Å². The van der Waals surface area contributed by atoms with Crippen molar-refractivity contribution in [2.45, 2.75) is 38.3 Å². The number of fused-ring (bicyclic) bond motifs is 4. The molecular weight excluding hydrogens is 405 g/mol. The van der Waals surface area contributed by atoms with Gasteiger partial charge in [0.2, 0.25) is 0 Å². The third-order valence-corrected chi connectivity index (χ3v) is 6.22. The topological polar surface area (TPSA) is 51.4 Å². The Morgan fingerprint density at radius 1 is 1.26 bits per heavy atom. The van der Waals surface area contributed by atoms with E-state index in [0.717, 1.165) is 28.5 Å². The zero-order valence-electron chi connectivity index (χ0n) is 15.8. The van der Waals surface area contributed by atoms with E-state index in [1.165, 1.54) is 37.9 Å². The highest BCUT2D eigenvalue weighted by Crippen LogP contribution is 2.42. The Labute approximate surface area is 180 Å². The monoisotopic (exact) mass is 433 g/mol. The molecule has 27 heavy (non-hydrogen) atoms. The van der Waals surface area contributed by atoms with Crippen molar-refractivity contribution in [3.63, 3.8) is 0 Å². The average Bonchev–Trinajstić information content (AvgIpc) is 2.66. The van der Waals surface area contributed by atoms with E-state index < -0.39 is 0 Å². The molecule has 3 saturated heterocycles. The van der Waals surface area contributed by atoms with E-state index in [4.69, 9.17) is 10.5 Å². The van der Waals surface area contributed by atoms with Crippen LogP contribution in [-0.4, -0.2) is 36.1 Å². The molecule has 4 unspecified atom stereocenters. The fraction of sp³-hybridized carbons (Fsp3) is 0.550. The van der Waals surface area contributed by atoms with Crippen molar-refractivity contribution in [1.82, 2.24) is 9.88 Å². The first-order chi connectivity index (χ1) is 11.7. The van der Waals surface area contributed by atoms with Crippen LogP contribution in [0.4, 0.5) is 0 Å². The van der Waals surface area contributed by atoms with Gasteiger partial charge in [0, 0.05) is 30.2 Å². The number of methoxy groups -OCH3 is 1. The van der Waals surface area contributed by atoms with Gasteiger partial charge in [0.25, 0.3) is 0 Å². The number of aromatic nitrogens is 1. The summed E-state index contributed by atoms with van der Waals surface area (Å²) in [6.07, 6.45) is 5.74. The fourth-order valence-corrected chi connectivity index (χ4v) is 4.79. The molecule has 2 bridgehead atoms. The molecule has 3 aliphatic rings. The molecule has 2 N–H and O–H groups in total. The Morgan fingerprint density at radius 3 is 2.67 bits per heavy atom. The zero-order valence-corrected chi connectivity index (χ0v) is 18.3. The Bertz CT molecular complexity index is 745. The van der Waals surface area contributed by atoms with Gasteiger partial charge < -0.3 is 10.5 Å². The molecule has 1 aromatic carbocycles. The second-order valence-electron chi connectivity index (χ2n) is 7.32. The molecule has 5 rings (SSSR count). The summed E-state index contributed by atoms with van der Waals surface area (Å²) in [6, 6.07) is 8.62. The number of hydrogen-bond acceptors (Lipinski definition) is 4. The predicted molar refractivity (Wildman–Crippen MR) is 119 cm³/mol. The van der Waals surface area contributed by atoms with Crippen LogP contribution in [0.5, 0.6) is 5.75 Å². The highest BCUT2D eigenvalue weighted by Gasteiger charge is 2.41. The number of nitrogens with two attached hydrogens (primary N) is 1. The normalized spacial score (nSPS) is 27.1. The van der Waals surface area contributed by atoms with Crippen molar-refractivity contribution in [1.29, 1.82) is 0 Å². The van der Waals surface area contributed by atoms with Gasteiger partial charge >= 0.3 is 0 Å². The van der Waals surface area contributed by atoms with Gasteiger partial charge in [0.1, 0.15) is 5.75 Å². The summed E-state index contributed by atoms with van der Waals surface area (Å²) < 4.78 is 5.40. The number of benzene rings is 1. The number of halogens is 3. The van der Waals surface area contributed by atoms with Gasteiger partial charge in [-0.2, -0.15) is 0 Å². The lowest BCUT2D eigenvalue weighted by atomic mass is 9.72. The first-order valence-electron chi connectivity index (χ1n) is 9.13. The summed E-state index contributed by atoms with van der Waals surface area (Å²) in [7, 11) is 1.70. The Morgan fingerprint density at radius 2 is 2.04 bits per heavy atom. The molecule has 0 aliphatic carbocycles. The standard InChI is InChI=1S/C20H27N3O.3ClH/c1-3-13-12-23-9-7-14(13)10-19(23)20(21)16-6-8-22-18-5-4-15(24-2)11-17(16)18;;;/h4-6,8,11,13-14,19-20H,3,7,9-10,12,21H2,1-2H3;3*1H/t13?,14?,19?,20-;;;/m1.../s1. The molecule has 0 saturated carbocycles. The minimum absolute atomic E-state index is 0. The molecule has 4 nitrogen and oxygen atoms in total. The van der Waals surface area contributed by atoms with Gasteiger partial charge in [-0.15, -0.1) is 37.2 Å². The lowest BCUT2D eigenvalue weighted by Crippen LogP contribution is -2.56. The van der Waals surface area contributed by atoms with Crippen LogP contribution in [0.2, 0.25) is 0 Å². The van der Waals surface area contributed by atoms with Gasteiger partial charge in [-0.25, -0.2) is 0 Å². The summed E-state index contributed by atoms with van der Waals surface area (Å²) in [4.78, 5) is 7.12. The number of nitrogens with zero attached hydrogens (tertiary/aromatic N) is 2. The van der Waals surface area contributed by atoms with Crippen molar-refractivity contribution in [3.05, 3.63) is 36.0 Å². The molecule has 0 amide bonds. The van der Waals surface area contributed by atoms with E-state index in [2.05, 4.69) is 28.9 Å². The summed E-state index contributed by atoms with van der Waals surface area (Å²) in [5, 5.41) is 1.12. The zero-order chi connectivity index (χ0) is 16.7. The maximum Gasteiger partial charge on any atom is 0.119 e. The first-order valence-corrected chi connectivity index (χ1v) is 9.13. The van der Waals surface area contributed by atoms with E-state index in [1.807, 2.05) is 18.3 Å². The van der Waals surface area contributed by atoms with Crippen LogP contribution in [0, 0.1) is 11.8 Å². The van der Waals surface area contributed by atoms with E-state index in [0.29, 0.717) is 6.04 Å². The molecule has 1 aromatic heterocycles. The van der Waals surface area contributed by atoms with Crippen LogP contribution in [0.3, 0.4) is 0 Å². The summed E-state index contributed by atoms with van der Waals surface area (Å²) in [5.41, 5.74) is 8.98. The van der Waals surface area contributed by atoms with Gasteiger partial charge in [0.05, 0.1) is 12.6 Å². The average molecular weight is 435 g/mol. The fourth-order valence-electron chi connectivity index (χ4n) is 4.79. The van der Waals surface area contributed by atoms with Crippen molar-refractivity contribution < 1.29 is 4.74 Å². The van der Waals surface area contributed by atoms with E-state index in [9.17, 15) is 0 Å². The van der Waals surface area contributed by atoms with Crippen molar-refractivity contribution in [3.8, 4) is 5.75 Å². The summed E-state index contributed by atoms with van der Waals surface area (Å²) >= 11 is 0. The largest absolute Gasteiger partial charge is 0.497 e. The Balaban J connectivity index is 0.00000121. The van der Waals surface area contributed by atoms with Crippen molar-refractivity contribution >= 4 is 48.1 Å². The van der Waals surface area contributed by atoms with Gasteiger partial charge in [-0.1, -0.05) is 13.3 Å². The third-order valence-electron chi connectivity index (χ3n) is 6.22. The second kappa shape index (κ2) is 10.1. The minimum Gasteiger partial charge on any atom is -0.497 e. The lowest BCUT2D eigenvalue weighted by molar-refractivity contribution is -0.0105. The second-order valence-corrected chi connectivity index (χ2v) is 7.32. The van der Waals surface area contributed by atoms with E-state index >= 15 is 0 Å². The van der Waals surface area contributed by atoms with Crippen LogP contribution in [-0.2, 0) is 0 Å². The number of hydrogen-bond donors (Lipinski definition) is 1. The van der Waals surface area contributed by atoms with Gasteiger partial charge in [-0.05, 0) is 61.1 Å². The number of pyridine rings is 1. The van der Waals surface area contributed by atoms with Crippen LogP contribution in [0.1, 0.15) is 37.8 Å². The number of rotatable bonds is 4. The van der Waals surface area contributed by atoms with Crippen LogP contribution in [0.25, 0.3) is 10.9 Å². The molecule has 2 aromatic rings. The highest BCUT2D eigenvalue weighted by molar-refractivity contribution is 5.86. The minimum atomic E-state index is 0. The van der Waals surface area contributed by atoms with E-state index in [1.54, 1.807) is 7.11 Å². The highest BCUT2D eigenvalue weighted by atomic mass is 35.5. The molecule has 0 radical (unpaired) electrons. The Kier molecular flexibility index (Phi) is 9.10. The predicted octanol–water partition coefficient (Wildman–Crippen LogP) is 4.63. The van der Waals surface area contributed by atoms with Crippen molar-refractivity contribution in [2.75, 3.05) is 20.2 Å². The van der Waals surface area contributed by atoms with Crippen LogP contribution in [0.15, 0.2) is 30.5 Å². The SMILES string of the molecule is CCC1CN2CCC1CC2[C@H](N)c1ccnc2ccc(OC)cc12.Cl.Cl.Cl. The molecule has 4 heterocycles. The van der Waals surface area contributed by atoms with Gasteiger partial charge in [0.15, 0.2) is 0 Å². The smallest absolute Gasteiger partial charge is 0.119 e. The van der Waals surface area contributed by atoms with E-state index in [-0.39, 0.29) is 43.3 Å². The maximum atomic E-state index is 6.79. The molecule has 3 aliphatic heterocycles. The Hall–Kier alpha value is -0.780. The number of piperidine rings is 3. The third kappa shape index (κ3) is 4.46. The van der Waals surface area contributed by atoms with Gasteiger partial charge in [-0.3, -0.25) is 9.88 Å². The first kappa shape index (κ1) is 24.3. The maximum absolute atomic E-state index is 6.79. The molecule has 3 fully saturated rings. The van der Waals surface area contributed by atoms with Crippen LogP contribution >= 0.6 is 37.2 Å². The molecule has 7 heteroatoms. The molecular formula is C20H30Cl3N3O.